The van der Waals surface area contributed by atoms with Gasteiger partial charge in [-0.2, -0.15) is 0 Å². The number of hydrogen-bond acceptors (Lipinski definition) is 3. The molecule has 0 aromatic heterocycles. The number of halogens is 1. The van der Waals surface area contributed by atoms with Crippen LogP contribution in [0, 0.1) is 0 Å². The number of carbonyl (C=O) groups excluding carboxylic acids is 2. The van der Waals surface area contributed by atoms with Crippen molar-refractivity contribution in [2.24, 2.45) is 0 Å². The van der Waals surface area contributed by atoms with Gasteiger partial charge in [-0.3, -0.25) is 10.1 Å². The molecule has 6 heteroatoms. The zero-order chi connectivity index (χ0) is 15.9. The van der Waals surface area contributed by atoms with E-state index in [1.54, 1.807) is 55.5 Å². The average Bonchev–Trinajstić information content (AvgIpc) is 2.48. The minimum Gasteiger partial charge on any atom is -0.450 e. The van der Waals surface area contributed by atoms with Crippen molar-refractivity contribution in [3.8, 4) is 0 Å². The van der Waals surface area contributed by atoms with Gasteiger partial charge in [0.05, 0.1) is 6.61 Å². The SMILES string of the molecule is CCOC(=O)Nc1ccc(C(=O)Nc2cccc(Cl)c2)cc1. The van der Waals surface area contributed by atoms with Crippen LogP contribution in [0.1, 0.15) is 17.3 Å². The lowest BCUT2D eigenvalue weighted by Crippen LogP contribution is -2.14. The maximum Gasteiger partial charge on any atom is 0.411 e. The van der Waals surface area contributed by atoms with Gasteiger partial charge in [0.15, 0.2) is 0 Å². The first-order valence-corrected chi connectivity index (χ1v) is 7.07. The van der Waals surface area contributed by atoms with Crippen LogP contribution in [0.15, 0.2) is 48.5 Å². The third-order valence-corrected chi connectivity index (χ3v) is 2.99. The van der Waals surface area contributed by atoms with Crippen LogP contribution in [0.4, 0.5) is 16.2 Å². The molecule has 0 spiro atoms. The molecule has 0 heterocycles. The molecule has 2 amide bonds. The standard InChI is InChI=1S/C16H15ClN2O3/c1-2-22-16(21)19-13-8-6-11(7-9-13)15(20)18-14-5-3-4-12(17)10-14/h3-10H,2H2,1H3,(H,18,20)(H,19,21). The molecule has 114 valence electrons. The molecule has 2 N–H and O–H groups in total. The van der Waals surface area contributed by atoms with Crippen LogP contribution >= 0.6 is 11.6 Å². The number of rotatable bonds is 4. The number of anilines is 2. The van der Waals surface area contributed by atoms with Crippen LogP contribution in [0.25, 0.3) is 0 Å². The first-order chi connectivity index (χ1) is 10.6. The second kappa shape index (κ2) is 7.47. The van der Waals surface area contributed by atoms with E-state index in [4.69, 9.17) is 16.3 Å². The molecular weight excluding hydrogens is 304 g/mol. The van der Waals surface area contributed by atoms with Gasteiger partial charge in [-0.05, 0) is 49.4 Å². The second-order valence-corrected chi connectivity index (χ2v) is 4.82. The summed E-state index contributed by atoms with van der Waals surface area (Å²) in [5, 5.41) is 5.85. The summed E-state index contributed by atoms with van der Waals surface area (Å²) < 4.78 is 4.77. The monoisotopic (exact) mass is 318 g/mol. The molecule has 5 nitrogen and oxygen atoms in total. The van der Waals surface area contributed by atoms with Crippen molar-refractivity contribution in [2.45, 2.75) is 6.92 Å². The largest absolute Gasteiger partial charge is 0.450 e. The highest BCUT2D eigenvalue weighted by Gasteiger charge is 2.07. The molecule has 0 aliphatic rings. The van der Waals surface area contributed by atoms with Crippen molar-refractivity contribution in [3.63, 3.8) is 0 Å². The third-order valence-electron chi connectivity index (χ3n) is 2.75. The van der Waals surface area contributed by atoms with E-state index < -0.39 is 6.09 Å². The fraction of sp³-hybridized carbons (Fsp3) is 0.125. The van der Waals surface area contributed by atoms with Crippen molar-refractivity contribution in [1.29, 1.82) is 0 Å². The van der Waals surface area contributed by atoms with Crippen LogP contribution in [0.2, 0.25) is 5.02 Å². The van der Waals surface area contributed by atoms with Crippen molar-refractivity contribution in [1.82, 2.24) is 0 Å². The van der Waals surface area contributed by atoms with E-state index in [0.29, 0.717) is 28.6 Å². The van der Waals surface area contributed by atoms with Gasteiger partial charge in [-0.25, -0.2) is 4.79 Å². The van der Waals surface area contributed by atoms with E-state index in [1.807, 2.05) is 0 Å². The number of hydrogen-bond donors (Lipinski definition) is 2. The molecule has 0 bridgehead atoms. The minimum atomic E-state index is -0.529. The Hall–Kier alpha value is -2.53. The highest BCUT2D eigenvalue weighted by Crippen LogP contribution is 2.16. The van der Waals surface area contributed by atoms with Crippen LogP contribution in [0.3, 0.4) is 0 Å². The topological polar surface area (TPSA) is 67.4 Å². The lowest BCUT2D eigenvalue weighted by Gasteiger charge is -2.07. The lowest BCUT2D eigenvalue weighted by molar-refractivity contribution is 0.102. The summed E-state index contributed by atoms with van der Waals surface area (Å²) in [6, 6.07) is 13.4. The Bertz CT molecular complexity index is 671. The Morgan fingerprint density at radius 2 is 1.77 bits per heavy atom. The maximum absolute atomic E-state index is 12.1. The molecule has 0 fully saturated rings. The fourth-order valence-corrected chi connectivity index (χ4v) is 1.95. The van der Waals surface area contributed by atoms with Crippen LogP contribution in [-0.4, -0.2) is 18.6 Å². The first-order valence-electron chi connectivity index (χ1n) is 6.69. The molecule has 0 atom stereocenters. The molecule has 0 saturated heterocycles. The zero-order valence-electron chi connectivity index (χ0n) is 11.9. The average molecular weight is 319 g/mol. The van der Waals surface area contributed by atoms with Gasteiger partial charge < -0.3 is 10.1 Å². The predicted molar refractivity (Wildman–Crippen MR) is 86.5 cm³/mol. The summed E-state index contributed by atoms with van der Waals surface area (Å²) in [5.74, 6) is -0.259. The van der Waals surface area contributed by atoms with E-state index in [0.717, 1.165) is 0 Å². The summed E-state index contributed by atoms with van der Waals surface area (Å²) in [5.41, 5.74) is 1.64. The predicted octanol–water partition coefficient (Wildman–Crippen LogP) is 4.16. The van der Waals surface area contributed by atoms with Gasteiger partial charge in [-0.15, -0.1) is 0 Å². The Labute approximate surface area is 133 Å². The van der Waals surface area contributed by atoms with Gasteiger partial charge in [0.2, 0.25) is 0 Å². The van der Waals surface area contributed by atoms with E-state index >= 15 is 0 Å². The Kier molecular flexibility index (Phi) is 5.38. The Morgan fingerprint density at radius 3 is 2.41 bits per heavy atom. The van der Waals surface area contributed by atoms with E-state index in [2.05, 4.69) is 10.6 Å². The Morgan fingerprint density at radius 1 is 1.05 bits per heavy atom. The van der Waals surface area contributed by atoms with Crippen LogP contribution in [-0.2, 0) is 4.74 Å². The normalized spacial score (nSPS) is 9.91. The molecular formula is C16H15ClN2O3. The van der Waals surface area contributed by atoms with Gasteiger partial charge in [0.1, 0.15) is 0 Å². The quantitative estimate of drug-likeness (QED) is 0.889. The first kappa shape index (κ1) is 15.9. The van der Waals surface area contributed by atoms with Gasteiger partial charge in [0.25, 0.3) is 5.91 Å². The molecule has 0 radical (unpaired) electrons. The van der Waals surface area contributed by atoms with Crippen LogP contribution in [0.5, 0.6) is 0 Å². The van der Waals surface area contributed by atoms with Crippen molar-refractivity contribution >= 4 is 35.0 Å². The van der Waals surface area contributed by atoms with Crippen LogP contribution < -0.4 is 10.6 Å². The molecule has 2 aromatic rings. The molecule has 0 aliphatic carbocycles. The Balaban J connectivity index is 2.00. The van der Waals surface area contributed by atoms with Gasteiger partial charge >= 0.3 is 6.09 Å². The zero-order valence-corrected chi connectivity index (χ0v) is 12.7. The summed E-state index contributed by atoms with van der Waals surface area (Å²) in [4.78, 5) is 23.4. The number of ether oxygens (including phenoxy) is 1. The summed E-state index contributed by atoms with van der Waals surface area (Å²) in [7, 11) is 0. The van der Waals surface area contributed by atoms with Crippen molar-refractivity contribution in [2.75, 3.05) is 17.2 Å². The molecule has 0 unspecified atom stereocenters. The van der Waals surface area contributed by atoms with E-state index in [1.165, 1.54) is 0 Å². The maximum atomic E-state index is 12.1. The van der Waals surface area contributed by atoms with E-state index in [-0.39, 0.29) is 5.91 Å². The number of nitrogens with one attached hydrogen (secondary N) is 2. The number of benzene rings is 2. The highest BCUT2D eigenvalue weighted by atomic mass is 35.5. The molecule has 22 heavy (non-hydrogen) atoms. The lowest BCUT2D eigenvalue weighted by atomic mass is 10.2. The van der Waals surface area contributed by atoms with Crippen molar-refractivity contribution in [3.05, 3.63) is 59.1 Å². The molecule has 0 saturated carbocycles. The van der Waals surface area contributed by atoms with Gasteiger partial charge in [-0.1, -0.05) is 17.7 Å². The summed E-state index contributed by atoms with van der Waals surface area (Å²) >= 11 is 5.87. The van der Waals surface area contributed by atoms with Gasteiger partial charge in [0, 0.05) is 22.0 Å². The van der Waals surface area contributed by atoms with Crippen molar-refractivity contribution < 1.29 is 14.3 Å². The highest BCUT2D eigenvalue weighted by molar-refractivity contribution is 6.30. The third kappa shape index (κ3) is 4.49. The van der Waals surface area contributed by atoms with E-state index in [9.17, 15) is 9.59 Å². The smallest absolute Gasteiger partial charge is 0.411 e. The number of amides is 2. The fourth-order valence-electron chi connectivity index (χ4n) is 1.76. The summed E-state index contributed by atoms with van der Waals surface area (Å²) in [6.07, 6.45) is -0.529. The molecule has 0 aliphatic heterocycles. The summed E-state index contributed by atoms with van der Waals surface area (Å²) in [6.45, 7) is 2.02. The second-order valence-electron chi connectivity index (χ2n) is 4.39. The molecule has 2 rings (SSSR count). The minimum absolute atomic E-state index is 0.259. The number of carbonyl (C=O) groups is 2. The molecule has 2 aromatic carbocycles.